The van der Waals surface area contributed by atoms with E-state index in [4.69, 9.17) is 24.8 Å². The van der Waals surface area contributed by atoms with Gasteiger partial charge in [0, 0.05) is 11.6 Å². The van der Waals surface area contributed by atoms with Crippen LogP contribution in [0.3, 0.4) is 0 Å². The smallest absolute Gasteiger partial charge is 0.314 e. The molecule has 0 bridgehead atoms. The summed E-state index contributed by atoms with van der Waals surface area (Å²) < 4.78 is 14.4. The Morgan fingerprint density at radius 2 is 1.29 bits per heavy atom. The highest BCUT2D eigenvalue weighted by molar-refractivity contribution is 5.57. The van der Waals surface area contributed by atoms with Crippen LogP contribution in [0, 0.1) is 20.2 Å². The standard InChI is InChI=1S/C9H11NO5.C7H7NO5/c1-14-8-4-7(10(12)13)9(15-2)3-6(8)5-11;1-13-7-2-4(8(11)12)5(9)3-6(7)10/h3-4,11H,5H2,1-2H3;2-3,9-10H,1H3. The summed E-state index contributed by atoms with van der Waals surface area (Å²) in [6.07, 6.45) is 0. The van der Waals surface area contributed by atoms with Gasteiger partial charge in [0.1, 0.15) is 5.75 Å². The molecular formula is C16H18N2O10. The maximum Gasteiger partial charge on any atom is 0.314 e. The van der Waals surface area contributed by atoms with Gasteiger partial charge in [-0.1, -0.05) is 0 Å². The maximum absolute atomic E-state index is 10.7. The normalized spacial score (nSPS) is 9.71. The van der Waals surface area contributed by atoms with Crippen LogP contribution in [0.5, 0.6) is 28.7 Å². The lowest BCUT2D eigenvalue weighted by Gasteiger charge is -2.08. The molecule has 0 aliphatic rings. The van der Waals surface area contributed by atoms with Crippen molar-refractivity contribution in [3.05, 3.63) is 50.1 Å². The second-order valence-electron chi connectivity index (χ2n) is 5.02. The third kappa shape index (κ3) is 5.11. The van der Waals surface area contributed by atoms with Gasteiger partial charge in [0.15, 0.2) is 23.0 Å². The largest absolute Gasteiger partial charge is 0.504 e. The van der Waals surface area contributed by atoms with Crippen LogP contribution in [0.1, 0.15) is 5.56 Å². The summed E-state index contributed by atoms with van der Waals surface area (Å²) in [5.74, 6) is -0.617. The molecule has 0 atom stereocenters. The lowest BCUT2D eigenvalue weighted by Crippen LogP contribution is -1.98. The Balaban J connectivity index is 0.000000283. The molecule has 0 radical (unpaired) electrons. The average Bonchev–Trinajstić information content (AvgIpc) is 2.66. The third-order valence-electron chi connectivity index (χ3n) is 3.42. The van der Waals surface area contributed by atoms with Gasteiger partial charge in [-0.25, -0.2) is 0 Å². The molecule has 12 nitrogen and oxygen atoms in total. The molecule has 28 heavy (non-hydrogen) atoms. The molecule has 0 heterocycles. The number of aliphatic hydroxyl groups is 1. The number of nitro benzene ring substituents is 2. The molecule has 152 valence electrons. The summed E-state index contributed by atoms with van der Waals surface area (Å²) in [7, 11) is 3.97. The number of benzene rings is 2. The summed E-state index contributed by atoms with van der Waals surface area (Å²) in [6, 6.07) is 4.42. The zero-order valence-electron chi connectivity index (χ0n) is 15.1. The first-order chi connectivity index (χ1) is 13.2. The van der Waals surface area contributed by atoms with Crippen molar-refractivity contribution in [3.8, 4) is 28.7 Å². The van der Waals surface area contributed by atoms with Crippen LogP contribution in [0.15, 0.2) is 24.3 Å². The molecule has 2 aromatic carbocycles. The lowest BCUT2D eigenvalue weighted by atomic mass is 10.1. The number of hydrogen-bond acceptors (Lipinski definition) is 10. The number of ether oxygens (including phenoxy) is 3. The van der Waals surface area contributed by atoms with Crippen LogP contribution in [0.2, 0.25) is 0 Å². The second-order valence-corrected chi connectivity index (χ2v) is 5.02. The number of nitro groups is 2. The number of hydrogen-bond donors (Lipinski definition) is 3. The summed E-state index contributed by atoms with van der Waals surface area (Å²) in [4.78, 5) is 19.6. The Morgan fingerprint density at radius 3 is 1.71 bits per heavy atom. The van der Waals surface area contributed by atoms with E-state index in [1.165, 1.54) is 33.5 Å². The van der Waals surface area contributed by atoms with Crippen molar-refractivity contribution < 1.29 is 39.4 Å². The van der Waals surface area contributed by atoms with E-state index in [0.29, 0.717) is 5.56 Å². The first kappa shape index (κ1) is 22.2. The summed E-state index contributed by atoms with van der Waals surface area (Å²) >= 11 is 0. The molecule has 0 saturated carbocycles. The second kappa shape index (κ2) is 9.78. The minimum atomic E-state index is -0.767. The summed E-state index contributed by atoms with van der Waals surface area (Å²) in [5.41, 5.74) is -0.249. The Hall–Kier alpha value is -3.80. The highest BCUT2D eigenvalue weighted by Crippen LogP contribution is 2.37. The fourth-order valence-electron chi connectivity index (χ4n) is 2.07. The first-order valence-corrected chi connectivity index (χ1v) is 7.44. The zero-order valence-corrected chi connectivity index (χ0v) is 15.1. The molecular weight excluding hydrogens is 380 g/mol. The number of aromatic hydroxyl groups is 2. The predicted octanol–water partition coefficient (Wildman–Crippen LogP) is 2.12. The van der Waals surface area contributed by atoms with Gasteiger partial charge in [0.25, 0.3) is 0 Å². The Labute approximate surface area is 158 Å². The summed E-state index contributed by atoms with van der Waals surface area (Å²) in [6.45, 7) is -0.266. The molecule has 0 unspecified atom stereocenters. The van der Waals surface area contributed by atoms with Gasteiger partial charge in [-0.2, -0.15) is 0 Å². The van der Waals surface area contributed by atoms with Crippen molar-refractivity contribution in [3.63, 3.8) is 0 Å². The predicted molar refractivity (Wildman–Crippen MR) is 95.1 cm³/mol. The van der Waals surface area contributed by atoms with Gasteiger partial charge in [-0.3, -0.25) is 20.2 Å². The molecule has 0 fully saturated rings. The number of rotatable bonds is 6. The molecule has 0 aliphatic carbocycles. The Kier molecular flexibility index (Phi) is 7.77. The summed E-state index contributed by atoms with van der Waals surface area (Å²) in [5, 5.41) is 48.1. The van der Waals surface area contributed by atoms with E-state index >= 15 is 0 Å². The van der Waals surface area contributed by atoms with Gasteiger partial charge < -0.3 is 29.5 Å². The highest BCUT2D eigenvalue weighted by Gasteiger charge is 2.19. The van der Waals surface area contributed by atoms with Gasteiger partial charge in [0.2, 0.25) is 0 Å². The van der Waals surface area contributed by atoms with E-state index in [0.717, 1.165) is 12.1 Å². The van der Waals surface area contributed by atoms with Crippen LogP contribution in [-0.4, -0.2) is 46.5 Å². The third-order valence-corrected chi connectivity index (χ3v) is 3.42. The Morgan fingerprint density at radius 1 is 0.786 bits per heavy atom. The van der Waals surface area contributed by atoms with E-state index in [2.05, 4.69) is 4.74 Å². The molecule has 0 spiro atoms. The minimum absolute atomic E-state index is 0.0514. The van der Waals surface area contributed by atoms with Gasteiger partial charge in [-0.05, 0) is 6.07 Å². The SMILES string of the molecule is COc1cc([N+](=O)[O-])c(O)cc1O.COc1cc([N+](=O)[O-])c(OC)cc1CO. The van der Waals surface area contributed by atoms with E-state index < -0.39 is 21.3 Å². The molecule has 2 aromatic rings. The van der Waals surface area contributed by atoms with E-state index in [1.54, 1.807) is 0 Å². The van der Waals surface area contributed by atoms with Crippen molar-refractivity contribution in [1.29, 1.82) is 0 Å². The van der Waals surface area contributed by atoms with E-state index in [1.807, 2.05) is 0 Å². The quantitative estimate of drug-likeness (QED) is 0.482. The van der Waals surface area contributed by atoms with Crippen LogP contribution in [-0.2, 0) is 6.61 Å². The van der Waals surface area contributed by atoms with Crippen molar-refractivity contribution in [2.45, 2.75) is 6.61 Å². The average molecular weight is 398 g/mol. The van der Waals surface area contributed by atoms with Gasteiger partial charge in [-0.15, -0.1) is 0 Å². The molecule has 3 N–H and O–H groups in total. The van der Waals surface area contributed by atoms with Crippen LogP contribution < -0.4 is 14.2 Å². The maximum atomic E-state index is 10.7. The van der Waals surface area contributed by atoms with E-state index in [-0.39, 0.29) is 35.3 Å². The number of methoxy groups -OCH3 is 3. The minimum Gasteiger partial charge on any atom is -0.504 e. The fraction of sp³-hybridized carbons (Fsp3) is 0.250. The van der Waals surface area contributed by atoms with Crippen molar-refractivity contribution in [2.75, 3.05) is 21.3 Å². The van der Waals surface area contributed by atoms with Gasteiger partial charge in [0.05, 0.1) is 49.9 Å². The Bertz CT molecular complexity index is 869. The van der Waals surface area contributed by atoms with Crippen molar-refractivity contribution in [2.24, 2.45) is 0 Å². The fourth-order valence-corrected chi connectivity index (χ4v) is 2.07. The number of phenols is 2. The molecule has 0 amide bonds. The van der Waals surface area contributed by atoms with E-state index in [9.17, 15) is 20.2 Å². The monoisotopic (exact) mass is 398 g/mol. The van der Waals surface area contributed by atoms with Gasteiger partial charge >= 0.3 is 11.4 Å². The molecule has 2 rings (SSSR count). The van der Waals surface area contributed by atoms with Crippen molar-refractivity contribution >= 4 is 11.4 Å². The molecule has 0 saturated heterocycles. The first-order valence-electron chi connectivity index (χ1n) is 7.44. The number of aliphatic hydroxyl groups excluding tert-OH is 1. The zero-order chi connectivity index (χ0) is 21.4. The van der Waals surface area contributed by atoms with Crippen LogP contribution >= 0.6 is 0 Å². The molecule has 0 aliphatic heterocycles. The van der Waals surface area contributed by atoms with Crippen molar-refractivity contribution in [1.82, 2.24) is 0 Å². The van der Waals surface area contributed by atoms with Crippen LogP contribution in [0.25, 0.3) is 0 Å². The van der Waals surface area contributed by atoms with Crippen LogP contribution in [0.4, 0.5) is 11.4 Å². The molecule has 0 aromatic heterocycles. The molecule has 12 heteroatoms. The topological polar surface area (TPSA) is 175 Å². The lowest BCUT2D eigenvalue weighted by molar-refractivity contribution is -0.386. The number of phenolic OH excluding ortho intramolecular Hbond substituents is 2. The number of nitrogens with zero attached hydrogens (tertiary/aromatic N) is 2. The highest BCUT2D eigenvalue weighted by atomic mass is 16.6.